The molecule has 3 aliphatic carbocycles. The third-order valence-electron chi connectivity index (χ3n) is 7.62. The molecule has 0 radical (unpaired) electrons. The summed E-state index contributed by atoms with van der Waals surface area (Å²) in [6.45, 7) is 16.6. The van der Waals surface area contributed by atoms with E-state index in [4.69, 9.17) is 4.74 Å². The van der Waals surface area contributed by atoms with Crippen molar-refractivity contribution in [3.05, 3.63) is 24.3 Å². The number of hydrogen-bond donors (Lipinski definition) is 0. The molecule has 0 aromatic heterocycles. The summed E-state index contributed by atoms with van der Waals surface area (Å²) in [6.07, 6.45) is 6.16. The normalized spacial score (nSPS) is 39.0. The molecule has 3 aliphatic rings. The van der Waals surface area contributed by atoms with E-state index in [9.17, 15) is 9.59 Å². The Morgan fingerprint density at radius 2 is 2.00 bits per heavy atom. The van der Waals surface area contributed by atoms with Gasteiger partial charge in [-0.1, -0.05) is 25.7 Å². The maximum absolute atomic E-state index is 13.2. The minimum absolute atomic E-state index is 0.0780. The van der Waals surface area contributed by atoms with Crippen LogP contribution >= 0.6 is 0 Å². The van der Waals surface area contributed by atoms with Gasteiger partial charge in [0.1, 0.15) is 0 Å². The molecule has 3 saturated carbocycles. The molecule has 0 N–H and O–H groups in total. The van der Waals surface area contributed by atoms with Crippen molar-refractivity contribution in [2.24, 2.45) is 28.6 Å². The Kier molecular flexibility index (Phi) is 4.96. The van der Waals surface area contributed by atoms with E-state index in [0.717, 1.165) is 44.1 Å². The predicted octanol–water partition coefficient (Wildman–Crippen LogP) is 5.25. The Balaban J connectivity index is 1.90. The third-order valence-corrected chi connectivity index (χ3v) is 7.62. The largest absolute Gasteiger partial charge is 0.463 e. The van der Waals surface area contributed by atoms with Crippen LogP contribution in [0, 0.1) is 28.6 Å². The first-order chi connectivity index (χ1) is 12.1. The van der Waals surface area contributed by atoms with Gasteiger partial charge in [0.25, 0.3) is 0 Å². The fraction of sp³-hybridized carbons (Fsp3) is 0.739. The minimum Gasteiger partial charge on any atom is -0.463 e. The Bertz CT molecular complexity index is 646. The van der Waals surface area contributed by atoms with E-state index in [2.05, 4.69) is 27.0 Å². The van der Waals surface area contributed by atoms with Gasteiger partial charge in [0, 0.05) is 11.8 Å². The van der Waals surface area contributed by atoms with Crippen LogP contribution in [0.25, 0.3) is 0 Å². The second-order valence-electron chi connectivity index (χ2n) is 9.52. The highest BCUT2D eigenvalue weighted by atomic mass is 16.5. The number of carbonyl (C=O) groups excluding carboxylic acids is 2. The zero-order chi connectivity index (χ0) is 19.3. The summed E-state index contributed by atoms with van der Waals surface area (Å²) in [5.41, 5.74) is 1.74. The summed E-state index contributed by atoms with van der Waals surface area (Å²) in [5.74, 6) is 1.26. The highest BCUT2D eigenvalue weighted by Crippen LogP contribution is 2.67. The number of ether oxygens (including phenoxy) is 1. The van der Waals surface area contributed by atoms with Gasteiger partial charge in [0.05, 0.1) is 6.10 Å². The molecule has 3 heteroatoms. The quantitative estimate of drug-likeness (QED) is 0.383. The van der Waals surface area contributed by atoms with Gasteiger partial charge in [-0.2, -0.15) is 0 Å². The fourth-order valence-electron chi connectivity index (χ4n) is 6.56. The molecule has 0 heterocycles. The van der Waals surface area contributed by atoms with E-state index in [1.54, 1.807) is 0 Å². The SMILES string of the molecule is C=C1C(=O)[C@@]23CC[C@H](C(=C)C)[C@@](C)(CCC(=O)OC(C)C)[C@@H]2CC[C@@H]1C3. The number of ketones is 1. The lowest BCUT2D eigenvalue weighted by Crippen LogP contribution is -2.53. The molecule has 26 heavy (non-hydrogen) atoms. The van der Waals surface area contributed by atoms with Gasteiger partial charge >= 0.3 is 5.97 Å². The van der Waals surface area contributed by atoms with E-state index in [0.29, 0.717) is 30.0 Å². The standard InChI is InChI=1S/C23H34O3/c1-14(2)18-9-12-23-13-17(16(5)21(23)25)7-8-19(23)22(18,6)11-10-20(24)26-15(3)4/h15,17-19H,1,5,7-13H2,2-4,6H3/t17-,18-,19+,22-,23-/m1/s1. The van der Waals surface area contributed by atoms with Crippen molar-refractivity contribution >= 4 is 11.8 Å². The summed E-state index contributed by atoms with van der Waals surface area (Å²) >= 11 is 0. The van der Waals surface area contributed by atoms with Crippen molar-refractivity contribution in [3.8, 4) is 0 Å². The second kappa shape index (κ2) is 6.65. The van der Waals surface area contributed by atoms with Gasteiger partial charge in [-0.15, -0.1) is 0 Å². The Morgan fingerprint density at radius 3 is 2.62 bits per heavy atom. The molecule has 144 valence electrons. The molecule has 2 bridgehead atoms. The summed E-state index contributed by atoms with van der Waals surface area (Å²) in [4.78, 5) is 25.4. The van der Waals surface area contributed by atoms with Crippen molar-refractivity contribution in [2.45, 2.75) is 78.7 Å². The van der Waals surface area contributed by atoms with Gasteiger partial charge in [0.15, 0.2) is 5.78 Å². The highest BCUT2D eigenvalue weighted by molar-refractivity contribution is 6.03. The Labute approximate surface area is 158 Å². The van der Waals surface area contributed by atoms with Crippen molar-refractivity contribution in [3.63, 3.8) is 0 Å². The molecule has 0 saturated heterocycles. The van der Waals surface area contributed by atoms with Crippen molar-refractivity contribution in [1.82, 2.24) is 0 Å². The van der Waals surface area contributed by atoms with Gasteiger partial charge in [-0.25, -0.2) is 0 Å². The van der Waals surface area contributed by atoms with Crippen LogP contribution in [0.2, 0.25) is 0 Å². The zero-order valence-corrected chi connectivity index (χ0v) is 16.9. The fourth-order valence-corrected chi connectivity index (χ4v) is 6.56. The first-order valence-electron chi connectivity index (χ1n) is 10.2. The first-order valence-corrected chi connectivity index (χ1v) is 10.2. The molecule has 0 aromatic carbocycles. The Morgan fingerprint density at radius 1 is 1.31 bits per heavy atom. The van der Waals surface area contributed by atoms with Crippen LogP contribution < -0.4 is 0 Å². The van der Waals surface area contributed by atoms with Crippen molar-refractivity contribution < 1.29 is 14.3 Å². The number of fused-ring (bicyclic) bond motifs is 1. The molecule has 5 atom stereocenters. The Hall–Kier alpha value is -1.38. The minimum atomic E-state index is -0.233. The number of Topliss-reactive ketones (excluding diaryl/α,β-unsaturated/α-hetero) is 1. The summed E-state index contributed by atoms with van der Waals surface area (Å²) in [7, 11) is 0. The van der Waals surface area contributed by atoms with Crippen LogP contribution in [0.1, 0.15) is 72.6 Å². The topological polar surface area (TPSA) is 43.4 Å². The lowest BCUT2D eigenvalue weighted by molar-refractivity contribution is -0.151. The van der Waals surface area contributed by atoms with E-state index in [-0.39, 0.29) is 22.9 Å². The smallest absolute Gasteiger partial charge is 0.306 e. The molecule has 0 unspecified atom stereocenters. The van der Waals surface area contributed by atoms with Crippen molar-refractivity contribution in [2.75, 3.05) is 0 Å². The number of rotatable bonds is 5. The summed E-state index contributed by atoms with van der Waals surface area (Å²) in [6, 6.07) is 0. The van der Waals surface area contributed by atoms with E-state index in [1.807, 2.05) is 13.8 Å². The summed E-state index contributed by atoms with van der Waals surface area (Å²) < 4.78 is 5.37. The van der Waals surface area contributed by atoms with Gasteiger partial charge < -0.3 is 4.74 Å². The molecule has 0 amide bonds. The van der Waals surface area contributed by atoms with Crippen LogP contribution in [0.15, 0.2) is 24.3 Å². The maximum atomic E-state index is 13.2. The van der Waals surface area contributed by atoms with Crippen LogP contribution in [0.3, 0.4) is 0 Å². The number of allylic oxidation sites excluding steroid dienone is 2. The lowest BCUT2D eigenvalue weighted by Gasteiger charge is -2.57. The van der Waals surface area contributed by atoms with Crippen LogP contribution in [0.4, 0.5) is 0 Å². The van der Waals surface area contributed by atoms with E-state index in [1.165, 1.54) is 5.57 Å². The van der Waals surface area contributed by atoms with E-state index < -0.39 is 0 Å². The average molecular weight is 359 g/mol. The molecule has 0 aromatic rings. The molecular weight excluding hydrogens is 324 g/mol. The highest BCUT2D eigenvalue weighted by Gasteiger charge is 2.64. The number of hydrogen-bond acceptors (Lipinski definition) is 3. The molecule has 1 spiro atoms. The molecular formula is C23H34O3. The lowest BCUT2D eigenvalue weighted by atomic mass is 9.46. The zero-order valence-electron chi connectivity index (χ0n) is 16.9. The molecule has 3 rings (SSSR count). The first kappa shape index (κ1) is 19.4. The van der Waals surface area contributed by atoms with Gasteiger partial charge in [-0.3, -0.25) is 9.59 Å². The third kappa shape index (κ3) is 2.88. The maximum Gasteiger partial charge on any atom is 0.306 e. The number of carbonyl (C=O) groups is 2. The molecule has 0 aliphatic heterocycles. The van der Waals surface area contributed by atoms with Crippen LogP contribution in [-0.4, -0.2) is 17.9 Å². The van der Waals surface area contributed by atoms with Gasteiger partial charge in [0.2, 0.25) is 0 Å². The molecule has 3 fully saturated rings. The van der Waals surface area contributed by atoms with Crippen LogP contribution in [0.5, 0.6) is 0 Å². The van der Waals surface area contributed by atoms with Gasteiger partial charge in [-0.05, 0) is 88.0 Å². The second-order valence-corrected chi connectivity index (χ2v) is 9.52. The molecule has 3 nitrogen and oxygen atoms in total. The monoisotopic (exact) mass is 358 g/mol. The van der Waals surface area contributed by atoms with Crippen molar-refractivity contribution in [1.29, 1.82) is 0 Å². The van der Waals surface area contributed by atoms with Crippen LogP contribution in [-0.2, 0) is 14.3 Å². The number of esters is 1. The predicted molar refractivity (Wildman–Crippen MR) is 104 cm³/mol. The average Bonchev–Trinajstić information content (AvgIpc) is 2.73. The summed E-state index contributed by atoms with van der Waals surface area (Å²) in [5, 5.41) is 0. The van der Waals surface area contributed by atoms with E-state index >= 15 is 0 Å².